The molecule has 0 aliphatic rings. The number of anilines is 1. The van der Waals surface area contributed by atoms with E-state index in [2.05, 4.69) is 19.2 Å². The van der Waals surface area contributed by atoms with Gasteiger partial charge in [-0.2, -0.15) is 0 Å². The van der Waals surface area contributed by atoms with Crippen LogP contribution in [-0.2, 0) is 4.79 Å². The molecule has 0 saturated heterocycles. The van der Waals surface area contributed by atoms with Crippen LogP contribution in [0.2, 0.25) is 0 Å². The van der Waals surface area contributed by atoms with E-state index in [0.717, 1.165) is 5.56 Å². The molecule has 0 bridgehead atoms. The number of aromatic carboxylic acids is 1. The summed E-state index contributed by atoms with van der Waals surface area (Å²) in [5.74, 6) is -0.861. The minimum Gasteiger partial charge on any atom is -0.478 e. The third-order valence-electron chi connectivity index (χ3n) is 3.41. The summed E-state index contributed by atoms with van der Waals surface area (Å²) in [5, 5.41) is 11.6. The van der Waals surface area contributed by atoms with Crippen LogP contribution < -0.4 is 5.32 Å². The van der Waals surface area contributed by atoms with Crippen LogP contribution in [0.5, 0.6) is 0 Å². The lowest BCUT2D eigenvalue weighted by Crippen LogP contribution is -2.08. The first-order valence-corrected chi connectivity index (χ1v) is 7.38. The molecule has 2 aromatic rings. The topological polar surface area (TPSA) is 66.4 Å². The van der Waals surface area contributed by atoms with Gasteiger partial charge in [0.15, 0.2) is 0 Å². The van der Waals surface area contributed by atoms with Gasteiger partial charge in [0.2, 0.25) is 5.91 Å². The molecule has 0 radical (unpaired) electrons. The molecule has 0 spiro atoms. The third kappa shape index (κ3) is 4.81. The van der Waals surface area contributed by atoms with Crippen LogP contribution in [0.15, 0.2) is 54.6 Å². The quantitative estimate of drug-likeness (QED) is 0.815. The molecule has 2 N–H and O–H groups in total. The van der Waals surface area contributed by atoms with Gasteiger partial charge in [-0.05, 0) is 41.3 Å². The summed E-state index contributed by atoms with van der Waals surface area (Å²) < 4.78 is 0. The summed E-state index contributed by atoms with van der Waals surface area (Å²) in [7, 11) is 0. The molecule has 0 heterocycles. The maximum Gasteiger partial charge on any atom is 0.335 e. The molecule has 4 nitrogen and oxygen atoms in total. The van der Waals surface area contributed by atoms with Crippen molar-refractivity contribution in [1.29, 1.82) is 0 Å². The van der Waals surface area contributed by atoms with Crippen molar-refractivity contribution >= 4 is 23.6 Å². The van der Waals surface area contributed by atoms with Gasteiger partial charge in [0.05, 0.1) is 5.56 Å². The number of benzene rings is 2. The van der Waals surface area contributed by atoms with E-state index in [1.54, 1.807) is 18.2 Å². The molecule has 4 heteroatoms. The Morgan fingerprint density at radius 2 is 1.78 bits per heavy atom. The van der Waals surface area contributed by atoms with Crippen molar-refractivity contribution < 1.29 is 14.7 Å². The van der Waals surface area contributed by atoms with E-state index in [-0.39, 0.29) is 11.5 Å². The van der Waals surface area contributed by atoms with Gasteiger partial charge in [-0.25, -0.2) is 4.79 Å². The number of nitrogens with one attached hydrogen (secondary N) is 1. The second-order valence-electron chi connectivity index (χ2n) is 5.53. The van der Waals surface area contributed by atoms with Gasteiger partial charge in [-0.3, -0.25) is 4.79 Å². The minimum atomic E-state index is -1.03. The normalized spacial score (nSPS) is 10.9. The average molecular weight is 309 g/mol. The van der Waals surface area contributed by atoms with E-state index in [1.165, 1.54) is 23.8 Å². The lowest BCUT2D eigenvalue weighted by Gasteiger charge is -2.05. The van der Waals surface area contributed by atoms with Crippen LogP contribution in [0, 0.1) is 0 Å². The third-order valence-corrected chi connectivity index (χ3v) is 3.41. The van der Waals surface area contributed by atoms with Gasteiger partial charge in [0, 0.05) is 11.8 Å². The number of rotatable bonds is 5. The number of hydrogen-bond acceptors (Lipinski definition) is 2. The standard InChI is InChI=1S/C19H19NO3/c1-13(2)15-9-6-14(7-10-15)8-11-18(21)20-17-5-3-4-16(12-17)19(22)23/h3-13H,1-2H3,(H,20,21)(H,22,23)/b11-8+. The van der Waals surface area contributed by atoms with Crippen molar-refractivity contribution in [2.24, 2.45) is 0 Å². The lowest BCUT2D eigenvalue weighted by atomic mass is 10.0. The van der Waals surface area contributed by atoms with E-state index in [1.807, 2.05) is 24.3 Å². The summed E-state index contributed by atoms with van der Waals surface area (Å²) in [4.78, 5) is 22.8. The zero-order chi connectivity index (χ0) is 16.8. The number of hydrogen-bond donors (Lipinski definition) is 2. The Hall–Kier alpha value is -2.88. The number of amides is 1. The highest BCUT2D eigenvalue weighted by molar-refractivity contribution is 6.02. The molecule has 0 atom stereocenters. The molecular formula is C19H19NO3. The van der Waals surface area contributed by atoms with Crippen molar-refractivity contribution in [3.05, 3.63) is 71.3 Å². The van der Waals surface area contributed by atoms with Crippen molar-refractivity contribution in [2.75, 3.05) is 5.32 Å². The minimum absolute atomic E-state index is 0.135. The number of carboxylic acid groups (broad SMARTS) is 1. The summed E-state index contributed by atoms with van der Waals surface area (Å²) in [6, 6.07) is 14.1. The number of carbonyl (C=O) groups is 2. The van der Waals surface area contributed by atoms with Gasteiger partial charge in [0.1, 0.15) is 0 Å². The molecule has 0 fully saturated rings. The van der Waals surface area contributed by atoms with E-state index in [0.29, 0.717) is 11.6 Å². The summed E-state index contributed by atoms with van der Waals surface area (Å²) in [6.45, 7) is 4.26. The second kappa shape index (κ2) is 7.40. The highest BCUT2D eigenvalue weighted by Crippen LogP contribution is 2.15. The monoisotopic (exact) mass is 309 g/mol. The molecule has 1 amide bonds. The Kier molecular flexibility index (Phi) is 5.31. The molecule has 0 aliphatic carbocycles. The Morgan fingerprint density at radius 1 is 1.09 bits per heavy atom. The fourth-order valence-electron chi connectivity index (χ4n) is 2.08. The zero-order valence-electron chi connectivity index (χ0n) is 13.1. The number of carboxylic acids is 1. The van der Waals surface area contributed by atoms with Crippen LogP contribution in [0.1, 0.15) is 41.3 Å². The highest BCUT2D eigenvalue weighted by Gasteiger charge is 2.04. The van der Waals surface area contributed by atoms with Gasteiger partial charge < -0.3 is 10.4 Å². The molecule has 2 aromatic carbocycles. The van der Waals surface area contributed by atoms with E-state index >= 15 is 0 Å². The van der Waals surface area contributed by atoms with Crippen molar-refractivity contribution in [3.63, 3.8) is 0 Å². The van der Waals surface area contributed by atoms with Crippen LogP contribution in [0.3, 0.4) is 0 Å². The molecule has 2 rings (SSSR count). The largest absolute Gasteiger partial charge is 0.478 e. The number of carbonyl (C=O) groups excluding carboxylic acids is 1. The van der Waals surface area contributed by atoms with Crippen LogP contribution >= 0.6 is 0 Å². The van der Waals surface area contributed by atoms with Crippen molar-refractivity contribution in [1.82, 2.24) is 0 Å². The summed E-state index contributed by atoms with van der Waals surface area (Å²) in [6.07, 6.45) is 3.15. The Balaban J connectivity index is 2.01. The van der Waals surface area contributed by atoms with E-state index < -0.39 is 5.97 Å². The Bertz CT molecular complexity index is 731. The summed E-state index contributed by atoms with van der Waals surface area (Å²) in [5.41, 5.74) is 2.77. The Labute approximate surface area is 135 Å². The SMILES string of the molecule is CC(C)c1ccc(/C=C/C(=O)Nc2cccc(C(=O)O)c2)cc1. The maximum absolute atomic E-state index is 11.9. The van der Waals surface area contributed by atoms with Gasteiger partial charge >= 0.3 is 5.97 Å². The molecule has 23 heavy (non-hydrogen) atoms. The van der Waals surface area contributed by atoms with Gasteiger partial charge in [0.25, 0.3) is 0 Å². The van der Waals surface area contributed by atoms with E-state index in [9.17, 15) is 9.59 Å². The second-order valence-corrected chi connectivity index (χ2v) is 5.53. The fourth-order valence-corrected chi connectivity index (χ4v) is 2.08. The molecule has 0 aliphatic heterocycles. The molecule has 0 unspecified atom stereocenters. The Morgan fingerprint density at radius 3 is 2.39 bits per heavy atom. The van der Waals surface area contributed by atoms with Crippen molar-refractivity contribution in [3.8, 4) is 0 Å². The van der Waals surface area contributed by atoms with Gasteiger partial charge in [-0.1, -0.05) is 44.2 Å². The highest BCUT2D eigenvalue weighted by atomic mass is 16.4. The van der Waals surface area contributed by atoms with Crippen LogP contribution in [0.25, 0.3) is 6.08 Å². The van der Waals surface area contributed by atoms with Crippen LogP contribution in [-0.4, -0.2) is 17.0 Å². The van der Waals surface area contributed by atoms with Crippen molar-refractivity contribution in [2.45, 2.75) is 19.8 Å². The van der Waals surface area contributed by atoms with E-state index in [4.69, 9.17) is 5.11 Å². The first-order chi connectivity index (χ1) is 11.0. The fraction of sp³-hybridized carbons (Fsp3) is 0.158. The molecule has 0 saturated carbocycles. The average Bonchev–Trinajstić information content (AvgIpc) is 2.53. The smallest absolute Gasteiger partial charge is 0.335 e. The lowest BCUT2D eigenvalue weighted by molar-refractivity contribution is -0.111. The first kappa shape index (κ1) is 16.5. The first-order valence-electron chi connectivity index (χ1n) is 7.38. The molecular weight excluding hydrogens is 290 g/mol. The predicted molar refractivity (Wildman–Crippen MR) is 91.6 cm³/mol. The van der Waals surface area contributed by atoms with Crippen LogP contribution in [0.4, 0.5) is 5.69 Å². The maximum atomic E-state index is 11.9. The molecule has 0 aromatic heterocycles. The predicted octanol–water partition coefficient (Wildman–Crippen LogP) is 4.16. The molecule has 118 valence electrons. The van der Waals surface area contributed by atoms with Gasteiger partial charge in [-0.15, -0.1) is 0 Å². The summed E-state index contributed by atoms with van der Waals surface area (Å²) >= 11 is 0. The zero-order valence-corrected chi connectivity index (χ0v) is 13.1.